The highest BCUT2D eigenvalue weighted by Crippen LogP contribution is 2.44. The molecular weight excluding hydrogens is 291 g/mol. The van der Waals surface area contributed by atoms with Gasteiger partial charge in [-0.05, 0) is 37.2 Å². The molecule has 1 aliphatic heterocycles. The predicted octanol–water partition coefficient (Wildman–Crippen LogP) is 4.17. The molecule has 0 bridgehead atoms. The summed E-state index contributed by atoms with van der Waals surface area (Å²) >= 11 is 0. The number of nitrogens with zero attached hydrogens (tertiary/aromatic N) is 2. The molecule has 1 fully saturated rings. The van der Waals surface area contributed by atoms with Crippen LogP contribution >= 0.6 is 0 Å². The van der Waals surface area contributed by atoms with Gasteiger partial charge in [-0.15, -0.1) is 0 Å². The zero-order valence-electron chi connectivity index (χ0n) is 13.5. The number of halogens is 1. The number of hydrogen-bond donors (Lipinski definition) is 1. The number of hydrogen-bond acceptors (Lipinski definition) is 2. The lowest BCUT2D eigenvalue weighted by Crippen LogP contribution is -2.28. The lowest BCUT2D eigenvalue weighted by atomic mass is 9.78. The van der Waals surface area contributed by atoms with Crippen molar-refractivity contribution < 1.29 is 9.50 Å². The lowest BCUT2D eigenvalue weighted by Gasteiger charge is -2.31. The third-order valence-electron chi connectivity index (χ3n) is 5.73. The minimum Gasteiger partial charge on any atom is -0.393 e. The van der Waals surface area contributed by atoms with E-state index in [0.717, 1.165) is 30.0 Å². The second-order valence-corrected chi connectivity index (χ2v) is 7.23. The van der Waals surface area contributed by atoms with Gasteiger partial charge >= 0.3 is 0 Å². The second kappa shape index (κ2) is 5.75. The number of aromatic nitrogens is 2. The van der Waals surface area contributed by atoms with Gasteiger partial charge in [0, 0.05) is 11.1 Å². The van der Waals surface area contributed by atoms with Crippen LogP contribution in [-0.4, -0.2) is 20.8 Å². The molecular formula is C19H23FN2O. The van der Waals surface area contributed by atoms with Crippen LogP contribution < -0.4 is 0 Å². The van der Waals surface area contributed by atoms with Gasteiger partial charge in [0.15, 0.2) is 0 Å². The van der Waals surface area contributed by atoms with E-state index in [-0.39, 0.29) is 18.0 Å². The molecule has 2 aromatic rings. The third kappa shape index (κ3) is 2.49. The van der Waals surface area contributed by atoms with Crippen LogP contribution in [0.15, 0.2) is 30.7 Å². The average molecular weight is 314 g/mol. The molecule has 2 heterocycles. The highest BCUT2D eigenvalue weighted by molar-refractivity contribution is 5.69. The highest BCUT2D eigenvalue weighted by Gasteiger charge is 2.35. The Morgan fingerprint density at radius 3 is 2.87 bits per heavy atom. The van der Waals surface area contributed by atoms with Crippen LogP contribution in [0.1, 0.15) is 50.6 Å². The predicted molar refractivity (Wildman–Crippen MR) is 87.5 cm³/mol. The van der Waals surface area contributed by atoms with Crippen molar-refractivity contribution in [2.24, 2.45) is 11.8 Å². The number of rotatable bonds is 3. The Bertz CT molecular complexity index is 703. The van der Waals surface area contributed by atoms with E-state index in [1.54, 1.807) is 18.6 Å². The average Bonchev–Trinajstić information content (AvgIpc) is 3.12. The second-order valence-electron chi connectivity index (χ2n) is 7.23. The minimum absolute atomic E-state index is 0.141. The number of imidazole rings is 1. The van der Waals surface area contributed by atoms with E-state index in [1.165, 1.54) is 18.9 Å². The summed E-state index contributed by atoms with van der Waals surface area (Å²) < 4.78 is 16.4. The number of benzene rings is 1. The molecule has 0 amide bonds. The Labute approximate surface area is 136 Å². The van der Waals surface area contributed by atoms with Crippen molar-refractivity contribution in [3.8, 4) is 11.3 Å². The quantitative estimate of drug-likeness (QED) is 0.923. The first-order chi connectivity index (χ1) is 11.1. The van der Waals surface area contributed by atoms with Gasteiger partial charge in [0.1, 0.15) is 5.82 Å². The van der Waals surface area contributed by atoms with Gasteiger partial charge < -0.3 is 9.67 Å². The lowest BCUT2D eigenvalue weighted by molar-refractivity contribution is 0.0605. The maximum absolute atomic E-state index is 14.4. The SMILES string of the molecule is CC1CCC([C@H](O)C[C@H]2c3c(F)cccc3-c3cncn32)CC1. The summed E-state index contributed by atoms with van der Waals surface area (Å²) in [7, 11) is 0. The van der Waals surface area contributed by atoms with E-state index in [1.807, 2.05) is 10.6 Å². The van der Waals surface area contributed by atoms with Gasteiger partial charge in [-0.2, -0.15) is 0 Å². The first-order valence-corrected chi connectivity index (χ1v) is 8.64. The molecule has 1 aromatic carbocycles. The van der Waals surface area contributed by atoms with Crippen LogP contribution in [0.25, 0.3) is 11.3 Å². The minimum atomic E-state index is -0.381. The molecule has 1 saturated carbocycles. The topological polar surface area (TPSA) is 38.1 Å². The molecule has 2 aliphatic rings. The molecule has 4 heteroatoms. The molecule has 2 atom stereocenters. The highest BCUT2D eigenvalue weighted by atomic mass is 19.1. The Morgan fingerprint density at radius 2 is 2.09 bits per heavy atom. The fourth-order valence-electron chi connectivity index (χ4n) is 4.32. The normalized spacial score (nSPS) is 27.5. The van der Waals surface area contributed by atoms with Gasteiger partial charge in [0.05, 0.1) is 30.4 Å². The molecule has 0 unspecified atom stereocenters. The number of fused-ring (bicyclic) bond motifs is 3. The Balaban J connectivity index is 1.60. The van der Waals surface area contributed by atoms with Crippen LogP contribution in [0.3, 0.4) is 0 Å². The maximum Gasteiger partial charge on any atom is 0.129 e. The first-order valence-electron chi connectivity index (χ1n) is 8.64. The summed E-state index contributed by atoms with van der Waals surface area (Å²) in [6.45, 7) is 2.28. The van der Waals surface area contributed by atoms with Crippen LogP contribution in [-0.2, 0) is 0 Å². The van der Waals surface area contributed by atoms with E-state index >= 15 is 0 Å². The van der Waals surface area contributed by atoms with Crippen LogP contribution in [0.2, 0.25) is 0 Å². The van der Waals surface area contributed by atoms with E-state index in [4.69, 9.17) is 0 Å². The molecule has 23 heavy (non-hydrogen) atoms. The van der Waals surface area contributed by atoms with Crippen molar-refractivity contribution >= 4 is 0 Å². The van der Waals surface area contributed by atoms with Crippen LogP contribution in [0, 0.1) is 17.7 Å². The van der Waals surface area contributed by atoms with Gasteiger partial charge in [0.2, 0.25) is 0 Å². The van der Waals surface area contributed by atoms with Crippen molar-refractivity contribution in [2.75, 3.05) is 0 Å². The fourth-order valence-corrected chi connectivity index (χ4v) is 4.32. The third-order valence-corrected chi connectivity index (χ3v) is 5.73. The van der Waals surface area contributed by atoms with E-state index in [0.29, 0.717) is 17.9 Å². The molecule has 0 radical (unpaired) electrons. The molecule has 4 rings (SSSR count). The van der Waals surface area contributed by atoms with Crippen molar-refractivity contribution in [1.29, 1.82) is 0 Å². The molecule has 3 nitrogen and oxygen atoms in total. The zero-order chi connectivity index (χ0) is 16.0. The Hall–Kier alpha value is -1.68. The molecule has 1 aliphatic carbocycles. The van der Waals surface area contributed by atoms with Crippen molar-refractivity contribution in [2.45, 2.75) is 51.2 Å². The molecule has 0 spiro atoms. The largest absolute Gasteiger partial charge is 0.393 e. The molecule has 1 N–H and O–H groups in total. The Morgan fingerprint density at radius 1 is 1.30 bits per heavy atom. The van der Waals surface area contributed by atoms with E-state index in [2.05, 4.69) is 11.9 Å². The van der Waals surface area contributed by atoms with Gasteiger partial charge in [-0.25, -0.2) is 9.37 Å². The van der Waals surface area contributed by atoms with Gasteiger partial charge in [-0.3, -0.25) is 0 Å². The van der Waals surface area contributed by atoms with E-state index in [9.17, 15) is 9.50 Å². The summed E-state index contributed by atoms with van der Waals surface area (Å²) in [6.07, 6.45) is 8.26. The monoisotopic (exact) mass is 314 g/mol. The molecule has 0 saturated heterocycles. The standard InChI is InChI=1S/C19H23FN2O/c1-12-5-7-13(8-6-12)18(23)9-16-19-14(3-2-4-15(19)20)17-10-21-11-22(16)17/h2-4,10-13,16,18,23H,5-9H2,1H3/t12?,13?,16-,18+/m0/s1. The summed E-state index contributed by atoms with van der Waals surface area (Å²) in [6, 6.07) is 5.06. The molecule has 122 valence electrons. The van der Waals surface area contributed by atoms with Crippen molar-refractivity contribution in [3.63, 3.8) is 0 Å². The van der Waals surface area contributed by atoms with Crippen molar-refractivity contribution in [3.05, 3.63) is 42.1 Å². The Kier molecular flexibility index (Phi) is 3.72. The van der Waals surface area contributed by atoms with E-state index < -0.39 is 0 Å². The summed E-state index contributed by atoms with van der Waals surface area (Å²) in [5.41, 5.74) is 2.58. The molecule has 1 aromatic heterocycles. The maximum atomic E-state index is 14.4. The van der Waals surface area contributed by atoms with Crippen LogP contribution in [0.4, 0.5) is 4.39 Å². The van der Waals surface area contributed by atoms with Gasteiger partial charge in [0.25, 0.3) is 0 Å². The van der Waals surface area contributed by atoms with Crippen LogP contribution in [0.5, 0.6) is 0 Å². The fraction of sp³-hybridized carbons (Fsp3) is 0.526. The van der Waals surface area contributed by atoms with Gasteiger partial charge in [-0.1, -0.05) is 31.9 Å². The summed E-state index contributed by atoms with van der Waals surface area (Å²) in [5.74, 6) is 0.929. The first kappa shape index (κ1) is 14.9. The smallest absolute Gasteiger partial charge is 0.129 e. The van der Waals surface area contributed by atoms with Crippen molar-refractivity contribution in [1.82, 2.24) is 9.55 Å². The summed E-state index contributed by atoms with van der Waals surface area (Å²) in [4.78, 5) is 4.21. The zero-order valence-corrected chi connectivity index (χ0v) is 13.5. The number of aliphatic hydroxyl groups is 1. The summed E-state index contributed by atoms with van der Waals surface area (Å²) in [5, 5.41) is 10.7. The number of aliphatic hydroxyl groups excluding tert-OH is 1.